The molecule has 0 spiro atoms. The molecule has 3 rings (SSSR count). The lowest BCUT2D eigenvalue weighted by Gasteiger charge is -2.12. The first-order chi connectivity index (χ1) is 11.6. The Morgan fingerprint density at radius 1 is 1.21 bits per heavy atom. The zero-order valence-corrected chi connectivity index (χ0v) is 14.8. The Kier molecular flexibility index (Phi) is 5.18. The molecule has 0 bridgehead atoms. The summed E-state index contributed by atoms with van der Waals surface area (Å²) in [4.78, 5) is 25.4. The smallest absolute Gasteiger partial charge is 0.331 e. The van der Waals surface area contributed by atoms with Gasteiger partial charge in [0, 0.05) is 25.3 Å². The van der Waals surface area contributed by atoms with Crippen molar-refractivity contribution in [1.29, 1.82) is 0 Å². The molecular formula is C17H17ClN2O3S. The molecule has 0 aliphatic rings. The van der Waals surface area contributed by atoms with Gasteiger partial charge in [-0.2, -0.15) is 0 Å². The average Bonchev–Trinajstić information content (AvgIpc) is 3.04. The number of methoxy groups -OCH3 is 1. The van der Waals surface area contributed by atoms with E-state index in [0.717, 1.165) is 5.56 Å². The summed E-state index contributed by atoms with van der Waals surface area (Å²) in [6.07, 6.45) is 0.611. The Hall–Kier alpha value is -1.89. The number of ether oxygens (including phenoxy) is 1. The van der Waals surface area contributed by atoms with E-state index in [2.05, 4.69) is 0 Å². The van der Waals surface area contributed by atoms with Gasteiger partial charge in [0.25, 0.3) is 5.56 Å². The minimum absolute atomic E-state index is 0.233. The molecule has 0 N–H and O–H groups in total. The molecule has 2 aromatic heterocycles. The van der Waals surface area contributed by atoms with Crippen molar-refractivity contribution in [3.63, 3.8) is 0 Å². The fourth-order valence-electron chi connectivity index (χ4n) is 2.67. The molecule has 0 saturated heterocycles. The maximum atomic E-state index is 12.8. The predicted octanol–water partition coefficient (Wildman–Crippen LogP) is 2.96. The summed E-state index contributed by atoms with van der Waals surface area (Å²) in [5, 5.41) is 2.45. The van der Waals surface area contributed by atoms with Gasteiger partial charge in [0.1, 0.15) is 4.70 Å². The SMILES string of the molecule is COCCCn1c(=O)c2sccc2n(Cc2cccc(Cl)c2)c1=O. The highest BCUT2D eigenvalue weighted by atomic mass is 35.5. The molecule has 0 amide bonds. The van der Waals surface area contributed by atoms with Gasteiger partial charge in [0.05, 0.1) is 12.1 Å². The number of hydrogen-bond acceptors (Lipinski definition) is 4. The van der Waals surface area contributed by atoms with Gasteiger partial charge < -0.3 is 4.74 Å². The highest BCUT2D eigenvalue weighted by Gasteiger charge is 2.14. The minimum Gasteiger partial charge on any atom is -0.385 e. The summed E-state index contributed by atoms with van der Waals surface area (Å²) in [6, 6.07) is 9.19. The quantitative estimate of drug-likeness (QED) is 0.632. The third-order valence-electron chi connectivity index (χ3n) is 3.80. The average molecular weight is 365 g/mol. The van der Waals surface area contributed by atoms with Crippen molar-refractivity contribution in [1.82, 2.24) is 9.13 Å². The molecule has 1 aromatic carbocycles. The molecule has 2 heterocycles. The molecule has 0 aliphatic heterocycles. The first kappa shape index (κ1) is 17.0. The second kappa shape index (κ2) is 7.34. The number of halogens is 1. The summed E-state index contributed by atoms with van der Waals surface area (Å²) < 4.78 is 8.53. The zero-order chi connectivity index (χ0) is 17.1. The summed E-state index contributed by atoms with van der Waals surface area (Å²) in [5.74, 6) is 0. The third kappa shape index (κ3) is 3.31. The van der Waals surface area contributed by atoms with Crippen LogP contribution in [0, 0.1) is 0 Å². The Bertz CT molecular complexity index is 974. The number of benzene rings is 1. The van der Waals surface area contributed by atoms with Gasteiger partial charge in [-0.05, 0) is 35.6 Å². The van der Waals surface area contributed by atoms with Crippen LogP contribution >= 0.6 is 22.9 Å². The van der Waals surface area contributed by atoms with Crippen LogP contribution in [0.2, 0.25) is 5.02 Å². The topological polar surface area (TPSA) is 53.2 Å². The second-order valence-corrected chi connectivity index (χ2v) is 6.79. The van der Waals surface area contributed by atoms with Crippen LogP contribution in [0.25, 0.3) is 10.2 Å². The van der Waals surface area contributed by atoms with E-state index in [1.807, 2.05) is 29.6 Å². The van der Waals surface area contributed by atoms with Gasteiger partial charge in [0.15, 0.2) is 0 Å². The standard InChI is InChI=1S/C17H17ClN2O3S/c1-23-8-3-7-19-16(21)15-14(6-9-24-15)20(17(19)22)11-12-4-2-5-13(18)10-12/h2,4-6,9-10H,3,7-8,11H2,1H3. The third-order valence-corrected chi connectivity index (χ3v) is 4.92. The van der Waals surface area contributed by atoms with E-state index in [-0.39, 0.29) is 11.2 Å². The molecule has 126 valence electrons. The van der Waals surface area contributed by atoms with Crippen molar-refractivity contribution >= 4 is 33.2 Å². The maximum absolute atomic E-state index is 12.8. The van der Waals surface area contributed by atoms with Crippen LogP contribution in [-0.2, 0) is 17.8 Å². The fourth-order valence-corrected chi connectivity index (χ4v) is 3.72. The Morgan fingerprint density at radius 3 is 2.79 bits per heavy atom. The van der Waals surface area contributed by atoms with Crippen LogP contribution in [0.1, 0.15) is 12.0 Å². The maximum Gasteiger partial charge on any atom is 0.331 e. The Labute approximate surface area is 147 Å². The number of rotatable bonds is 6. The van der Waals surface area contributed by atoms with Crippen LogP contribution in [0.15, 0.2) is 45.3 Å². The lowest BCUT2D eigenvalue weighted by molar-refractivity contribution is 0.189. The predicted molar refractivity (Wildman–Crippen MR) is 97.4 cm³/mol. The van der Waals surface area contributed by atoms with Crippen molar-refractivity contribution in [2.75, 3.05) is 13.7 Å². The zero-order valence-electron chi connectivity index (χ0n) is 13.2. The molecule has 0 atom stereocenters. The molecule has 3 aromatic rings. The van der Waals surface area contributed by atoms with Crippen molar-refractivity contribution in [2.45, 2.75) is 19.5 Å². The van der Waals surface area contributed by atoms with Crippen LogP contribution in [-0.4, -0.2) is 22.9 Å². The van der Waals surface area contributed by atoms with Crippen molar-refractivity contribution in [2.24, 2.45) is 0 Å². The van der Waals surface area contributed by atoms with Gasteiger partial charge in [-0.1, -0.05) is 23.7 Å². The molecule has 24 heavy (non-hydrogen) atoms. The van der Waals surface area contributed by atoms with E-state index in [9.17, 15) is 9.59 Å². The largest absolute Gasteiger partial charge is 0.385 e. The van der Waals surface area contributed by atoms with E-state index in [1.165, 1.54) is 15.9 Å². The highest BCUT2D eigenvalue weighted by molar-refractivity contribution is 7.17. The first-order valence-corrected chi connectivity index (χ1v) is 8.82. The van der Waals surface area contributed by atoms with Crippen LogP contribution in [0.4, 0.5) is 0 Å². The molecule has 0 saturated carbocycles. The van der Waals surface area contributed by atoms with E-state index < -0.39 is 0 Å². The second-order valence-electron chi connectivity index (χ2n) is 5.44. The van der Waals surface area contributed by atoms with E-state index in [1.54, 1.807) is 17.7 Å². The van der Waals surface area contributed by atoms with Gasteiger partial charge in [-0.15, -0.1) is 11.3 Å². The van der Waals surface area contributed by atoms with Crippen LogP contribution < -0.4 is 11.2 Å². The minimum atomic E-state index is -0.304. The molecule has 0 unspecified atom stereocenters. The molecule has 5 nitrogen and oxygen atoms in total. The van der Waals surface area contributed by atoms with Gasteiger partial charge in [-0.25, -0.2) is 4.79 Å². The highest BCUT2D eigenvalue weighted by Crippen LogP contribution is 2.17. The van der Waals surface area contributed by atoms with E-state index in [0.29, 0.717) is 41.4 Å². The van der Waals surface area contributed by atoms with Crippen molar-refractivity contribution in [3.05, 3.63) is 67.1 Å². The van der Waals surface area contributed by atoms with E-state index >= 15 is 0 Å². The monoisotopic (exact) mass is 364 g/mol. The number of aromatic nitrogens is 2. The normalized spacial score (nSPS) is 11.2. The Morgan fingerprint density at radius 2 is 2.04 bits per heavy atom. The number of nitrogens with zero attached hydrogens (tertiary/aromatic N) is 2. The molecular weight excluding hydrogens is 348 g/mol. The summed E-state index contributed by atoms with van der Waals surface area (Å²) in [7, 11) is 1.60. The molecule has 7 heteroatoms. The van der Waals surface area contributed by atoms with Crippen molar-refractivity contribution < 1.29 is 4.74 Å². The molecule has 0 fully saturated rings. The number of hydrogen-bond donors (Lipinski definition) is 0. The number of thiophene rings is 1. The Balaban J connectivity index is 2.10. The summed E-state index contributed by atoms with van der Waals surface area (Å²) in [5.41, 5.74) is 1.04. The van der Waals surface area contributed by atoms with Gasteiger partial charge in [-0.3, -0.25) is 13.9 Å². The lowest BCUT2D eigenvalue weighted by Crippen LogP contribution is -2.40. The lowest BCUT2D eigenvalue weighted by atomic mass is 10.2. The van der Waals surface area contributed by atoms with Gasteiger partial charge >= 0.3 is 5.69 Å². The first-order valence-electron chi connectivity index (χ1n) is 7.56. The van der Waals surface area contributed by atoms with Crippen LogP contribution in [0.3, 0.4) is 0 Å². The van der Waals surface area contributed by atoms with E-state index in [4.69, 9.17) is 16.3 Å². The van der Waals surface area contributed by atoms with Crippen LogP contribution in [0.5, 0.6) is 0 Å². The molecule has 0 aliphatic carbocycles. The molecule has 0 radical (unpaired) electrons. The summed E-state index contributed by atoms with van der Waals surface area (Å²) >= 11 is 7.39. The number of fused-ring (bicyclic) bond motifs is 1. The summed E-state index contributed by atoms with van der Waals surface area (Å²) in [6.45, 7) is 1.22. The van der Waals surface area contributed by atoms with Gasteiger partial charge in [0.2, 0.25) is 0 Å². The fraction of sp³-hybridized carbons (Fsp3) is 0.294. The van der Waals surface area contributed by atoms with Crippen molar-refractivity contribution in [3.8, 4) is 0 Å².